The lowest BCUT2D eigenvalue weighted by atomic mass is 10.2. The first-order chi connectivity index (χ1) is 14.0. The van der Waals surface area contributed by atoms with E-state index in [4.69, 9.17) is 4.74 Å². The van der Waals surface area contributed by atoms with Gasteiger partial charge in [-0.1, -0.05) is 18.2 Å². The zero-order valence-corrected chi connectivity index (χ0v) is 17.2. The number of hydrogen-bond acceptors (Lipinski definition) is 5. The second-order valence-electron chi connectivity index (χ2n) is 6.71. The van der Waals surface area contributed by atoms with Crippen LogP contribution >= 0.6 is 0 Å². The summed E-state index contributed by atoms with van der Waals surface area (Å²) in [5, 5.41) is 2.68. The first-order valence-electron chi connectivity index (χ1n) is 9.42. The third-order valence-electron chi connectivity index (χ3n) is 4.70. The van der Waals surface area contributed by atoms with E-state index in [0.29, 0.717) is 24.5 Å². The minimum atomic E-state index is -1.55. The molecule has 1 fully saturated rings. The molecule has 154 valence electrons. The molecule has 1 heterocycles. The molecule has 0 aliphatic carbocycles. The van der Waals surface area contributed by atoms with Gasteiger partial charge >= 0.3 is 0 Å². The summed E-state index contributed by atoms with van der Waals surface area (Å²) in [5.41, 5.74) is 1.73. The normalized spacial score (nSPS) is 14.9. The lowest BCUT2D eigenvalue weighted by Gasteiger charge is -2.36. The van der Waals surface area contributed by atoms with Crippen molar-refractivity contribution in [2.75, 3.05) is 55.0 Å². The Bertz CT molecular complexity index is 850. The number of carbonyl (C=O) groups is 2. The molecular weight excluding hydrogens is 390 g/mol. The molecule has 2 aromatic rings. The van der Waals surface area contributed by atoms with Gasteiger partial charge in [-0.15, -0.1) is 0 Å². The van der Waals surface area contributed by atoms with Crippen molar-refractivity contribution in [1.82, 2.24) is 4.90 Å². The fraction of sp³-hybridized carbons (Fsp3) is 0.333. The van der Waals surface area contributed by atoms with Gasteiger partial charge in [0.1, 0.15) is 17.3 Å². The van der Waals surface area contributed by atoms with Crippen molar-refractivity contribution in [1.29, 1.82) is 0 Å². The molecule has 7 nitrogen and oxygen atoms in total. The van der Waals surface area contributed by atoms with E-state index in [2.05, 4.69) is 10.2 Å². The number of carbonyl (C=O) groups excluding carboxylic acids is 2. The number of para-hydroxylation sites is 1. The van der Waals surface area contributed by atoms with Gasteiger partial charge in [-0.05, 0) is 36.4 Å². The molecule has 1 saturated heterocycles. The van der Waals surface area contributed by atoms with Gasteiger partial charge in [-0.3, -0.25) is 13.8 Å². The molecule has 1 aliphatic rings. The Labute approximate surface area is 173 Å². The van der Waals surface area contributed by atoms with Crippen molar-refractivity contribution < 1.29 is 18.5 Å². The Kier molecular flexibility index (Phi) is 7.24. The fourth-order valence-corrected chi connectivity index (χ4v) is 4.08. The van der Waals surface area contributed by atoms with Gasteiger partial charge in [0.2, 0.25) is 11.8 Å². The highest BCUT2D eigenvalue weighted by Crippen LogP contribution is 2.16. The maximum atomic E-state index is 12.4. The lowest BCUT2D eigenvalue weighted by molar-refractivity contribution is -0.128. The summed E-state index contributed by atoms with van der Waals surface area (Å²) in [5.74, 6) is -0.212. The predicted octanol–water partition coefficient (Wildman–Crippen LogP) is 1.73. The summed E-state index contributed by atoms with van der Waals surface area (Å²) >= 11 is 0. The molecular formula is C21H25N3O4S. The molecule has 0 aromatic heterocycles. The van der Waals surface area contributed by atoms with Crippen LogP contribution in [0.2, 0.25) is 0 Å². The molecule has 0 bridgehead atoms. The minimum absolute atomic E-state index is 0.138. The zero-order valence-electron chi connectivity index (χ0n) is 16.4. The molecule has 1 unspecified atom stereocenters. The Morgan fingerprint density at radius 3 is 2.24 bits per heavy atom. The fourth-order valence-electron chi connectivity index (χ4n) is 3.15. The van der Waals surface area contributed by atoms with Gasteiger partial charge in [-0.2, -0.15) is 0 Å². The van der Waals surface area contributed by atoms with Crippen LogP contribution in [0.5, 0.6) is 5.75 Å². The number of ether oxygens (including phenoxy) is 1. The Hall–Kier alpha value is -2.87. The maximum Gasteiger partial charge on any atom is 0.237 e. The van der Waals surface area contributed by atoms with Gasteiger partial charge in [0.25, 0.3) is 0 Å². The van der Waals surface area contributed by atoms with E-state index < -0.39 is 10.8 Å². The van der Waals surface area contributed by atoms with Crippen molar-refractivity contribution in [3.8, 4) is 5.75 Å². The number of hydrogen-bond donors (Lipinski definition) is 1. The number of methoxy groups -OCH3 is 1. The van der Waals surface area contributed by atoms with E-state index in [1.807, 2.05) is 30.3 Å². The number of nitrogens with one attached hydrogen (secondary N) is 1. The lowest BCUT2D eigenvalue weighted by Crippen LogP contribution is -2.50. The number of piperazine rings is 1. The van der Waals surface area contributed by atoms with Crippen LogP contribution in [-0.2, 0) is 20.4 Å². The SMILES string of the molecule is COc1ccc(NC(=O)CS(=O)CC(=O)N2CCN(c3ccccc3)CC2)cc1. The second-order valence-corrected chi connectivity index (χ2v) is 8.17. The summed E-state index contributed by atoms with van der Waals surface area (Å²) in [4.78, 5) is 28.4. The van der Waals surface area contributed by atoms with Crippen molar-refractivity contribution in [3.63, 3.8) is 0 Å². The molecule has 1 atom stereocenters. The molecule has 8 heteroatoms. The molecule has 3 rings (SSSR count). The monoisotopic (exact) mass is 415 g/mol. The molecule has 2 aromatic carbocycles. The highest BCUT2D eigenvalue weighted by atomic mass is 32.2. The Morgan fingerprint density at radius 1 is 0.966 bits per heavy atom. The molecule has 29 heavy (non-hydrogen) atoms. The van der Waals surface area contributed by atoms with Crippen LogP contribution in [0, 0.1) is 0 Å². The molecule has 1 aliphatic heterocycles. The predicted molar refractivity (Wildman–Crippen MR) is 115 cm³/mol. The molecule has 0 radical (unpaired) electrons. The van der Waals surface area contributed by atoms with E-state index in [1.54, 1.807) is 36.3 Å². The van der Waals surface area contributed by atoms with E-state index in [9.17, 15) is 13.8 Å². The number of rotatable bonds is 7. The highest BCUT2D eigenvalue weighted by Gasteiger charge is 2.23. The van der Waals surface area contributed by atoms with Gasteiger partial charge in [0, 0.05) is 48.4 Å². The Balaban J connectivity index is 1.42. The first kappa shape index (κ1) is 20.9. The first-order valence-corrected chi connectivity index (χ1v) is 10.9. The van der Waals surface area contributed by atoms with Gasteiger partial charge in [0.05, 0.1) is 7.11 Å². The van der Waals surface area contributed by atoms with Crippen LogP contribution in [0.25, 0.3) is 0 Å². The smallest absolute Gasteiger partial charge is 0.237 e. The number of anilines is 2. The largest absolute Gasteiger partial charge is 0.497 e. The summed E-state index contributed by atoms with van der Waals surface area (Å²) in [7, 11) is 0.0170. The maximum absolute atomic E-state index is 12.4. The second kappa shape index (κ2) is 10.1. The van der Waals surface area contributed by atoms with Crippen LogP contribution in [-0.4, -0.2) is 65.7 Å². The zero-order chi connectivity index (χ0) is 20.6. The van der Waals surface area contributed by atoms with Crippen molar-refractivity contribution in [3.05, 3.63) is 54.6 Å². The summed E-state index contributed by atoms with van der Waals surface area (Å²) < 4.78 is 17.3. The van der Waals surface area contributed by atoms with Crippen molar-refractivity contribution >= 4 is 34.0 Å². The standard InChI is InChI=1S/C21H25N3O4S/c1-28-19-9-7-17(8-10-19)22-20(25)15-29(27)16-21(26)24-13-11-23(12-14-24)18-5-3-2-4-6-18/h2-10H,11-16H2,1H3,(H,22,25). The number of nitrogens with zero attached hydrogens (tertiary/aromatic N) is 2. The summed E-state index contributed by atoms with van der Waals surface area (Å²) in [6, 6.07) is 16.9. The van der Waals surface area contributed by atoms with E-state index in [0.717, 1.165) is 18.8 Å². The third kappa shape index (κ3) is 6.05. The molecule has 1 N–H and O–H groups in total. The summed E-state index contributed by atoms with van der Waals surface area (Å²) in [6.45, 7) is 2.65. The van der Waals surface area contributed by atoms with Gasteiger partial charge in [-0.25, -0.2) is 0 Å². The third-order valence-corrected chi connectivity index (χ3v) is 5.86. The van der Waals surface area contributed by atoms with E-state index >= 15 is 0 Å². The van der Waals surface area contributed by atoms with Crippen LogP contribution < -0.4 is 15.0 Å². The van der Waals surface area contributed by atoms with Gasteiger partial charge in [0.15, 0.2) is 0 Å². The van der Waals surface area contributed by atoms with Gasteiger partial charge < -0.3 is 19.9 Å². The van der Waals surface area contributed by atoms with Crippen LogP contribution in [0.15, 0.2) is 54.6 Å². The topological polar surface area (TPSA) is 78.9 Å². The van der Waals surface area contributed by atoms with E-state index in [1.165, 1.54) is 0 Å². The number of benzene rings is 2. The average Bonchev–Trinajstić information content (AvgIpc) is 2.74. The Morgan fingerprint density at radius 2 is 1.62 bits per heavy atom. The summed E-state index contributed by atoms with van der Waals surface area (Å²) in [6.07, 6.45) is 0. The number of amides is 2. The van der Waals surface area contributed by atoms with Crippen LogP contribution in [0.1, 0.15) is 0 Å². The highest BCUT2D eigenvalue weighted by molar-refractivity contribution is 7.86. The quantitative estimate of drug-likeness (QED) is 0.745. The molecule has 0 spiro atoms. The molecule has 0 saturated carbocycles. The van der Waals surface area contributed by atoms with Crippen LogP contribution in [0.3, 0.4) is 0 Å². The van der Waals surface area contributed by atoms with Crippen molar-refractivity contribution in [2.45, 2.75) is 0 Å². The van der Waals surface area contributed by atoms with Crippen LogP contribution in [0.4, 0.5) is 11.4 Å². The average molecular weight is 416 g/mol. The minimum Gasteiger partial charge on any atom is -0.497 e. The molecule has 2 amide bonds. The van der Waals surface area contributed by atoms with E-state index in [-0.39, 0.29) is 23.3 Å². The van der Waals surface area contributed by atoms with Crippen molar-refractivity contribution in [2.24, 2.45) is 0 Å².